The van der Waals surface area contributed by atoms with E-state index in [9.17, 15) is 4.79 Å². The van der Waals surface area contributed by atoms with Crippen molar-refractivity contribution >= 4 is 28.8 Å². The molecular formula is C19H18ClNO3S. The van der Waals surface area contributed by atoms with Crippen LogP contribution in [0, 0.1) is 6.92 Å². The SMILES string of the molecule is Cc1cc(Cl)ccc1OCC(=O)N(Cc1ccco1)Cc1cccs1. The van der Waals surface area contributed by atoms with Gasteiger partial charge >= 0.3 is 0 Å². The van der Waals surface area contributed by atoms with Crippen LogP contribution >= 0.6 is 22.9 Å². The number of benzene rings is 1. The lowest BCUT2D eigenvalue weighted by Gasteiger charge is -2.21. The molecule has 4 nitrogen and oxygen atoms in total. The lowest BCUT2D eigenvalue weighted by atomic mass is 10.2. The second-order valence-electron chi connectivity index (χ2n) is 5.61. The van der Waals surface area contributed by atoms with Gasteiger partial charge in [0.15, 0.2) is 6.61 Å². The second kappa shape index (κ2) is 8.23. The van der Waals surface area contributed by atoms with Crippen molar-refractivity contribution in [2.24, 2.45) is 0 Å². The summed E-state index contributed by atoms with van der Waals surface area (Å²) in [5, 5.41) is 2.65. The summed E-state index contributed by atoms with van der Waals surface area (Å²) in [6.07, 6.45) is 1.61. The second-order valence-corrected chi connectivity index (χ2v) is 7.08. The number of amides is 1. The summed E-state index contributed by atoms with van der Waals surface area (Å²) >= 11 is 7.57. The number of aryl methyl sites for hydroxylation is 1. The number of carbonyl (C=O) groups excluding carboxylic acids is 1. The van der Waals surface area contributed by atoms with E-state index in [1.165, 1.54) is 0 Å². The molecule has 1 amide bonds. The molecule has 0 saturated carbocycles. The molecule has 0 aliphatic heterocycles. The first-order chi connectivity index (χ1) is 12.1. The number of furan rings is 1. The van der Waals surface area contributed by atoms with Crippen molar-refractivity contribution < 1.29 is 13.9 Å². The van der Waals surface area contributed by atoms with Crippen LogP contribution in [0.25, 0.3) is 0 Å². The average molecular weight is 376 g/mol. The van der Waals surface area contributed by atoms with Crippen molar-refractivity contribution in [2.45, 2.75) is 20.0 Å². The fourth-order valence-corrected chi connectivity index (χ4v) is 3.37. The molecule has 3 rings (SSSR count). The minimum absolute atomic E-state index is 0.0332. The average Bonchev–Trinajstić information content (AvgIpc) is 3.27. The Morgan fingerprint density at radius 3 is 2.80 bits per heavy atom. The van der Waals surface area contributed by atoms with Gasteiger partial charge in [0.1, 0.15) is 11.5 Å². The number of thiophene rings is 1. The molecule has 25 heavy (non-hydrogen) atoms. The van der Waals surface area contributed by atoms with Gasteiger partial charge in [-0.1, -0.05) is 17.7 Å². The van der Waals surface area contributed by atoms with Gasteiger partial charge in [-0.15, -0.1) is 11.3 Å². The molecule has 0 bridgehead atoms. The monoisotopic (exact) mass is 375 g/mol. The lowest BCUT2D eigenvalue weighted by Crippen LogP contribution is -2.33. The molecule has 0 atom stereocenters. The molecule has 0 unspecified atom stereocenters. The van der Waals surface area contributed by atoms with Gasteiger partial charge in [0.2, 0.25) is 0 Å². The molecule has 0 spiro atoms. The molecule has 1 aromatic carbocycles. The maximum absolute atomic E-state index is 12.7. The zero-order valence-corrected chi connectivity index (χ0v) is 15.3. The molecule has 0 fully saturated rings. The van der Waals surface area contributed by atoms with Crippen LogP contribution in [0.5, 0.6) is 5.75 Å². The topological polar surface area (TPSA) is 42.7 Å². The van der Waals surface area contributed by atoms with Crippen LogP contribution in [0.3, 0.4) is 0 Å². The molecule has 2 heterocycles. The van der Waals surface area contributed by atoms with E-state index in [4.69, 9.17) is 20.8 Å². The Morgan fingerprint density at radius 2 is 2.12 bits per heavy atom. The number of hydrogen-bond donors (Lipinski definition) is 0. The van der Waals surface area contributed by atoms with Crippen LogP contribution < -0.4 is 4.74 Å². The lowest BCUT2D eigenvalue weighted by molar-refractivity contribution is -0.134. The number of nitrogens with zero attached hydrogens (tertiary/aromatic N) is 1. The highest BCUT2D eigenvalue weighted by Gasteiger charge is 2.17. The van der Waals surface area contributed by atoms with Crippen LogP contribution in [0.15, 0.2) is 58.5 Å². The summed E-state index contributed by atoms with van der Waals surface area (Å²) in [6.45, 7) is 2.80. The van der Waals surface area contributed by atoms with E-state index in [0.29, 0.717) is 23.9 Å². The van der Waals surface area contributed by atoms with Crippen molar-refractivity contribution in [3.8, 4) is 5.75 Å². The van der Waals surface area contributed by atoms with Crippen molar-refractivity contribution in [2.75, 3.05) is 6.61 Å². The maximum atomic E-state index is 12.7. The zero-order valence-electron chi connectivity index (χ0n) is 13.8. The summed E-state index contributed by atoms with van der Waals surface area (Å²) in [4.78, 5) is 15.5. The fraction of sp³-hybridized carbons (Fsp3) is 0.211. The van der Waals surface area contributed by atoms with Crippen molar-refractivity contribution in [3.05, 3.63) is 75.3 Å². The normalized spacial score (nSPS) is 10.6. The predicted molar refractivity (Wildman–Crippen MR) is 99.0 cm³/mol. The summed E-state index contributed by atoms with van der Waals surface area (Å²) in [6, 6.07) is 13.0. The van der Waals surface area contributed by atoms with E-state index < -0.39 is 0 Å². The molecule has 3 aromatic rings. The minimum atomic E-state index is -0.0980. The van der Waals surface area contributed by atoms with Crippen LogP contribution in [-0.2, 0) is 17.9 Å². The predicted octanol–water partition coefficient (Wildman–Crippen LogP) is 4.91. The van der Waals surface area contributed by atoms with Gasteiger partial charge in [0, 0.05) is 9.90 Å². The number of rotatable bonds is 7. The molecule has 130 valence electrons. The third-order valence-electron chi connectivity index (χ3n) is 3.69. The van der Waals surface area contributed by atoms with Crippen LogP contribution in [-0.4, -0.2) is 17.4 Å². The van der Waals surface area contributed by atoms with Gasteiger partial charge in [0.05, 0.1) is 19.4 Å². The molecule has 0 aliphatic rings. The Balaban J connectivity index is 1.67. The van der Waals surface area contributed by atoms with Crippen molar-refractivity contribution in [3.63, 3.8) is 0 Å². The first kappa shape index (κ1) is 17.6. The Labute approximate surface area is 155 Å². The minimum Gasteiger partial charge on any atom is -0.483 e. The largest absolute Gasteiger partial charge is 0.483 e. The quantitative estimate of drug-likeness (QED) is 0.589. The molecule has 0 N–H and O–H groups in total. The molecule has 2 aromatic heterocycles. The number of hydrogen-bond acceptors (Lipinski definition) is 4. The van der Waals surface area contributed by atoms with E-state index in [1.807, 2.05) is 42.6 Å². The third-order valence-corrected chi connectivity index (χ3v) is 4.79. The van der Waals surface area contributed by atoms with Gasteiger partial charge in [-0.3, -0.25) is 4.79 Å². The number of halogens is 1. The Hall–Kier alpha value is -2.24. The van der Waals surface area contributed by atoms with Gasteiger partial charge < -0.3 is 14.1 Å². The van der Waals surface area contributed by atoms with Crippen LogP contribution in [0.2, 0.25) is 5.02 Å². The Morgan fingerprint density at radius 1 is 1.24 bits per heavy atom. The highest BCUT2D eigenvalue weighted by Crippen LogP contribution is 2.22. The number of carbonyl (C=O) groups is 1. The summed E-state index contributed by atoms with van der Waals surface area (Å²) in [5.41, 5.74) is 0.899. The third kappa shape index (κ3) is 4.87. The summed E-state index contributed by atoms with van der Waals surface area (Å²) < 4.78 is 11.1. The molecule has 0 aliphatic carbocycles. The smallest absolute Gasteiger partial charge is 0.261 e. The molecular weight excluding hydrogens is 358 g/mol. The van der Waals surface area contributed by atoms with Crippen LogP contribution in [0.1, 0.15) is 16.2 Å². The highest BCUT2D eigenvalue weighted by molar-refractivity contribution is 7.09. The summed E-state index contributed by atoms with van der Waals surface area (Å²) in [7, 11) is 0. The first-order valence-corrected chi connectivity index (χ1v) is 9.09. The van der Waals surface area contributed by atoms with Gasteiger partial charge in [-0.2, -0.15) is 0 Å². The van der Waals surface area contributed by atoms with E-state index in [1.54, 1.807) is 34.6 Å². The van der Waals surface area contributed by atoms with Gasteiger partial charge in [-0.25, -0.2) is 0 Å². The highest BCUT2D eigenvalue weighted by atomic mass is 35.5. The van der Waals surface area contributed by atoms with Crippen molar-refractivity contribution in [1.29, 1.82) is 0 Å². The standard InChI is InChI=1S/C19H18ClNO3S/c1-14-10-15(20)6-7-18(14)24-13-19(22)21(11-16-4-2-8-23-16)12-17-5-3-9-25-17/h2-10H,11-13H2,1H3. The van der Waals surface area contributed by atoms with Gasteiger partial charge in [-0.05, 0) is 54.3 Å². The number of ether oxygens (including phenoxy) is 1. The van der Waals surface area contributed by atoms with Crippen molar-refractivity contribution in [1.82, 2.24) is 4.90 Å². The maximum Gasteiger partial charge on any atom is 0.261 e. The molecule has 0 radical (unpaired) electrons. The van der Waals surface area contributed by atoms with Gasteiger partial charge in [0.25, 0.3) is 5.91 Å². The van der Waals surface area contributed by atoms with E-state index in [-0.39, 0.29) is 12.5 Å². The Bertz CT molecular complexity index is 779. The first-order valence-electron chi connectivity index (χ1n) is 7.83. The Kier molecular flexibility index (Phi) is 5.79. The van der Waals surface area contributed by atoms with E-state index in [2.05, 4.69) is 0 Å². The fourth-order valence-electron chi connectivity index (χ4n) is 2.42. The van der Waals surface area contributed by atoms with E-state index in [0.717, 1.165) is 16.2 Å². The summed E-state index contributed by atoms with van der Waals surface area (Å²) in [5.74, 6) is 1.30. The van der Waals surface area contributed by atoms with E-state index >= 15 is 0 Å². The zero-order chi connectivity index (χ0) is 17.6. The molecule has 0 saturated heterocycles. The van der Waals surface area contributed by atoms with Crippen LogP contribution in [0.4, 0.5) is 0 Å². The molecule has 6 heteroatoms.